The van der Waals surface area contributed by atoms with Crippen molar-refractivity contribution in [1.29, 1.82) is 0 Å². The van der Waals surface area contributed by atoms with Gasteiger partial charge in [-0.15, -0.1) is 0 Å². The van der Waals surface area contributed by atoms with Gasteiger partial charge < -0.3 is 9.47 Å². The Hall–Kier alpha value is -3.07. The Bertz CT molecular complexity index is 1340. The molecule has 0 unspecified atom stereocenters. The highest BCUT2D eigenvalue weighted by Crippen LogP contribution is 2.25. The second-order valence-electron chi connectivity index (χ2n) is 7.97. The van der Waals surface area contributed by atoms with Crippen LogP contribution in [0.4, 0.5) is 4.39 Å². The topological polar surface area (TPSA) is 89.3 Å². The minimum atomic E-state index is -3.62. The average Bonchev–Trinajstić information content (AvgIpc) is 2.79. The number of halogens is 1. The number of sulfone groups is 1. The van der Waals surface area contributed by atoms with E-state index in [9.17, 15) is 22.4 Å². The molecule has 0 N–H and O–H groups in total. The van der Waals surface area contributed by atoms with Crippen LogP contribution in [0.25, 0.3) is 11.0 Å². The first kappa shape index (κ1) is 22.1. The van der Waals surface area contributed by atoms with Crippen molar-refractivity contribution in [3.05, 3.63) is 69.9 Å². The molecule has 0 radical (unpaired) electrons. The number of aromatic nitrogens is 2. The zero-order chi connectivity index (χ0) is 23.0. The summed E-state index contributed by atoms with van der Waals surface area (Å²) in [5, 5.41) is -0.273. The van der Waals surface area contributed by atoms with Crippen LogP contribution in [0.1, 0.15) is 35.8 Å². The molecular formula is C23H24FN3O4S. The van der Waals surface area contributed by atoms with Gasteiger partial charge in [0.25, 0.3) is 5.91 Å². The molecule has 32 heavy (non-hydrogen) atoms. The molecule has 1 saturated heterocycles. The number of hydrogen-bond donors (Lipinski definition) is 0. The SMILES string of the molecule is CCn1cc(C(=O)N2CCC(S(=O)(=O)c3ccc(F)cc3)CC2)c(=O)c2ccc(C)nc21. The lowest BCUT2D eigenvalue weighted by atomic mass is 10.1. The van der Waals surface area contributed by atoms with Crippen LogP contribution < -0.4 is 5.43 Å². The van der Waals surface area contributed by atoms with Crippen LogP contribution in [0.15, 0.2) is 52.3 Å². The summed E-state index contributed by atoms with van der Waals surface area (Å²) in [7, 11) is -3.62. The molecule has 0 aliphatic carbocycles. The smallest absolute Gasteiger partial charge is 0.259 e. The number of hydrogen-bond acceptors (Lipinski definition) is 5. The molecule has 1 aromatic carbocycles. The maximum Gasteiger partial charge on any atom is 0.259 e. The van der Waals surface area contributed by atoms with Crippen molar-refractivity contribution in [3.63, 3.8) is 0 Å². The number of rotatable bonds is 4. The molecule has 4 rings (SSSR count). The summed E-state index contributed by atoms with van der Waals surface area (Å²) in [6.45, 7) is 4.74. The number of likely N-dealkylation sites (tertiary alicyclic amines) is 1. The second-order valence-corrected chi connectivity index (χ2v) is 10.2. The van der Waals surface area contributed by atoms with Gasteiger partial charge in [0.2, 0.25) is 5.43 Å². The standard InChI is InChI=1S/C23H24FN3O4S/c1-3-26-14-20(21(28)19-9-4-15(2)25-22(19)26)23(29)27-12-10-18(11-13-27)32(30,31)17-7-5-16(24)6-8-17/h4-9,14,18H,3,10-13H2,1-2H3. The van der Waals surface area contributed by atoms with Gasteiger partial charge in [-0.2, -0.15) is 0 Å². The monoisotopic (exact) mass is 457 g/mol. The van der Waals surface area contributed by atoms with Gasteiger partial charge in [0, 0.05) is 31.5 Å². The molecule has 7 nitrogen and oxygen atoms in total. The van der Waals surface area contributed by atoms with E-state index in [1.54, 1.807) is 22.9 Å². The summed E-state index contributed by atoms with van der Waals surface area (Å²) in [6.07, 6.45) is 2.05. The third kappa shape index (κ3) is 3.92. The number of aryl methyl sites for hydroxylation is 2. The molecule has 1 fully saturated rings. The van der Waals surface area contributed by atoms with Crippen LogP contribution in [0.5, 0.6) is 0 Å². The van der Waals surface area contributed by atoms with E-state index in [2.05, 4.69) is 4.98 Å². The zero-order valence-electron chi connectivity index (χ0n) is 17.9. The number of amides is 1. The van der Waals surface area contributed by atoms with Gasteiger partial charge in [-0.3, -0.25) is 9.59 Å². The van der Waals surface area contributed by atoms with Gasteiger partial charge in [0.05, 0.1) is 15.5 Å². The Morgan fingerprint density at radius 2 is 1.78 bits per heavy atom. The van der Waals surface area contributed by atoms with Crippen molar-refractivity contribution in [2.24, 2.45) is 0 Å². The van der Waals surface area contributed by atoms with Crippen molar-refractivity contribution in [2.75, 3.05) is 13.1 Å². The summed E-state index contributed by atoms with van der Waals surface area (Å²) in [6, 6.07) is 8.20. The molecule has 2 aromatic heterocycles. The van der Waals surface area contributed by atoms with E-state index in [4.69, 9.17) is 0 Å². The zero-order valence-corrected chi connectivity index (χ0v) is 18.7. The minimum absolute atomic E-state index is 0.0600. The second kappa shape index (κ2) is 8.46. The van der Waals surface area contributed by atoms with Gasteiger partial charge in [0.1, 0.15) is 17.0 Å². The Labute approximate surface area is 185 Å². The highest BCUT2D eigenvalue weighted by Gasteiger charge is 2.33. The van der Waals surface area contributed by atoms with E-state index >= 15 is 0 Å². The van der Waals surface area contributed by atoms with Crippen molar-refractivity contribution in [1.82, 2.24) is 14.5 Å². The molecule has 3 aromatic rings. The van der Waals surface area contributed by atoms with Gasteiger partial charge >= 0.3 is 0 Å². The third-order valence-corrected chi connectivity index (χ3v) is 8.22. The van der Waals surface area contributed by atoms with Crippen LogP contribution >= 0.6 is 0 Å². The van der Waals surface area contributed by atoms with E-state index < -0.39 is 26.8 Å². The molecule has 168 valence electrons. The Kier molecular flexibility index (Phi) is 5.85. The highest BCUT2D eigenvalue weighted by molar-refractivity contribution is 7.92. The van der Waals surface area contributed by atoms with Gasteiger partial charge in [-0.25, -0.2) is 17.8 Å². The van der Waals surface area contributed by atoms with E-state index in [-0.39, 0.29) is 41.8 Å². The summed E-state index contributed by atoms with van der Waals surface area (Å²) >= 11 is 0. The lowest BCUT2D eigenvalue weighted by Gasteiger charge is -2.31. The van der Waals surface area contributed by atoms with Crippen molar-refractivity contribution in [3.8, 4) is 0 Å². The van der Waals surface area contributed by atoms with Gasteiger partial charge in [-0.1, -0.05) is 0 Å². The molecule has 0 saturated carbocycles. The maximum atomic E-state index is 13.2. The highest BCUT2D eigenvalue weighted by atomic mass is 32.2. The van der Waals surface area contributed by atoms with Crippen molar-refractivity contribution in [2.45, 2.75) is 43.4 Å². The van der Waals surface area contributed by atoms with Gasteiger partial charge in [-0.05, 0) is 63.1 Å². The molecule has 1 aliphatic rings. The normalized spacial score (nSPS) is 15.3. The lowest BCUT2D eigenvalue weighted by molar-refractivity contribution is 0.0723. The van der Waals surface area contributed by atoms with E-state index in [0.717, 1.165) is 17.8 Å². The average molecular weight is 458 g/mol. The first-order valence-corrected chi connectivity index (χ1v) is 12.1. The quantitative estimate of drug-likeness (QED) is 0.562. The van der Waals surface area contributed by atoms with Crippen LogP contribution in [0, 0.1) is 12.7 Å². The van der Waals surface area contributed by atoms with Crippen molar-refractivity contribution >= 4 is 26.8 Å². The molecule has 0 atom stereocenters. The molecule has 1 amide bonds. The number of benzene rings is 1. The fourth-order valence-electron chi connectivity index (χ4n) is 4.11. The number of pyridine rings is 2. The van der Waals surface area contributed by atoms with Crippen LogP contribution in [0.2, 0.25) is 0 Å². The van der Waals surface area contributed by atoms with Crippen LogP contribution in [-0.4, -0.2) is 47.1 Å². The number of fused-ring (bicyclic) bond motifs is 1. The minimum Gasteiger partial charge on any atom is -0.338 e. The Balaban J connectivity index is 1.57. The fraction of sp³-hybridized carbons (Fsp3) is 0.348. The third-order valence-electron chi connectivity index (χ3n) is 5.94. The molecule has 3 heterocycles. The van der Waals surface area contributed by atoms with Gasteiger partial charge in [0.15, 0.2) is 9.84 Å². The summed E-state index contributed by atoms with van der Waals surface area (Å²) in [5.41, 5.74) is 1.01. The fourth-order valence-corrected chi connectivity index (χ4v) is 5.84. The summed E-state index contributed by atoms with van der Waals surface area (Å²) in [4.78, 5) is 32.2. The predicted octanol–water partition coefficient (Wildman–Crippen LogP) is 2.94. The number of carbonyl (C=O) groups is 1. The van der Waals surface area contributed by atoms with E-state index in [0.29, 0.717) is 17.6 Å². The summed E-state index contributed by atoms with van der Waals surface area (Å²) < 4.78 is 40.7. The summed E-state index contributed by atoms with van der Waals surface area (Å²) in [5.74, 6) is -0.903. The number of carbonyl (C=O) groups excluding carboxylic acids is 1. The first-order valence-electron chi connectivity index (χ1n) is 10.5. The molecule has 1 aliphatic heterocycles. The largest absolute Gasteiger partial charge is 0.338 e. The maximum absolute atomic E-state index is 13.2. The number of piperidine rings is 1. The lowest BCUT2D eigenvalue weighted by Crippen LogP contribution is -2.44. The van der Waals surface area contributed by atoms with Crippen molar-refractivity contribution < 1.29 is 17.6 Å². The molecule has 0 bridgehead atoms. The van der Waals surface area contributed by atoms with Crippen LogP contribution in [0.3, 0.4) is 0 Å². The Morgan fingerprint density at radius 3 is 2.41 bits per heavy atom. The number of nitrogens with zero attached hydrogens (tertiary/aromatic N) is 3. The molecule has 0 spiro atoms. The van der Waals surface area contributed by atoms with E-state index in [1.807, 2.05) is 13.8 Å². The molecule has 9 heteroatoms. The van der Waals surface area contributed by atoms with Crippen LogP contribution in [-0.2, 0) is 16.4 Å². The Morgan fingerprint density at radius 1 is 1.12 bits per heavy atom. The first-order chi connectivity index (χ1) is 15.2. The molecular weight excluding hydrogens is 433 g/mol. The van der Waals surface area contributed by atoms with E-state index in [1.165, 1.54) is 17.0 Å². The predicted molar refractivity (Wildman–Crippen MR) is 119 cm³/mol.